The van der Waals surface area contributed by atoms with Gasteiger partial charge in [0.15, 0.2) is 0 Å². The molecule has 0 saturated carbocycles. The molecule has 0 aliphatic heterocycles. The van der Waals surface area contributed by atoms with Crippen molar-refractivity contribution in [3.63, 3.8) is 0 Å². The fourth-order valence-electron chi connectivity index (χ4n) is 1.04. The van der Waals surface area contributed by atoms with Crippen LogP contribution in [-0.2, 0) is 14.0 Å². The van der Waals surface area contributed by atoms with Gasteiger partial charge in [-0.3, -0.25) is 0 Å². The molecular formula is C12H26O3Si2. The van der Waals surface area contributed by atoms with E-state index in [1.54, 1.807) is 6.26 Å². The van der Waals surface area contributed by atoms with Crippen LogP contribution in [0.2, 0.25) is 24.7 Å². The maximum atomic E-state index is 11.9. The highest BCUT2D eigenvalue weighted by molar-refractivity contribution is 6.69. The van der Waals surface area contributed by atoms with Crippen LogP contribution in [0.5, 0.6) is 0 Å². The van der Waals surface area contributed by atoms with Crippen LogP contribution in [0.25, 0.3) is 0 Å². The lowest BCUT2D eigenvalue weighted by atomic mass is 10.0. The Morgan fingerprint density at radius 2 is 1.88 bits per heavy atom. The summed E-state index contributed by atoms with van der Waals surface area (Å²) in [5.41, 5.74) is 0.667. The van der Waals surface area contributed by atoms with E-state index in [-0.39, 0.29) is 11.0 Å². The van der Waals surface area contributed by atoms with E-state index in [1.807, 2.05) is 20.8 Å². The summed E-state index contributed by atoms with van der Waals surface area (Å²) in [5.74, 6) is -0.231. The van der Waals surface area contributed by atoms with E-state index in [4.69, 9.17) is 9.16 Å². The molecule has 0 aromatic rings. The first-order valence-corrected chi connectivity index (χ1v) is 10.5. The molecule has 0 fully saturated rings. The second-order valence-corrected chi connectivity index (χ2v) is 13.1. The minimum Gasteiger partial charge on any atom is -0.549 e. The lowest BCUT2D eigenvalue weighted by Gasteiger charge is -2.24. The summed E-state index contributed by atoms with van der Waals surface area (Å²) in [5, 5.41) is -0.121. The molecule has 0 amide bonds. The van der Waals surface area contributed by atoms with Crippen molar-refractivity contribution in [1.82, 2.24) is 0 Å². The number of esters is 1. The van der Waals surface area contributed by atoms with E-state index in [1.165, 1.54) is 0 Å². The summed E-state index contributed by atoms with van der Waals surface area (Å²) in [6.07, 6.45) is 2.48. The first-order valence-electron chi connectivity index (χ1n) is 6.13. The lowest BCUT2D eigenvalue weighted by Crippen LogP contribution is -2.25. The SMILES string of the molecule is CCCOC(=O)C(=CO[Si](C)(C)C)C(C)(C)[SiH3]. The second kappa shape index (κ2) is 6.40. The summed E-state index contributed by atoms with van der Waals surface area (Å²) in [6, 6.07) is 0. The zero-order valence-electron chi connectivity index (χ0n) is 12.2. The third kappa shape index (κ3) is 7.38. The van der Waals surface area contributed by atoms with Gasteiger partial charge in [-0.2, -0.15) is 0 Å². The van der Waals surface area contributed by atoms with Crippen LogP contribution in [0.3, 0.4) is 0 Å². The van der Waals surface area contributed by atoms with E-state index in [9.17, 15) is 4.79 Å². The molecule has 0 aliphatic rings. The largest absolute Gasteiger partial charge is 0.549 e. The van der Waals surface area contributed by atoms with E-state index in [0.29, 0.717) is 12.2 Å². The molecule has 0 atom stereocenters. The van der Waals surface area contributed by atoms with Gasteiger partial charge in [0.25, 0.3) is 0 Å². The van der Waals surface area contributed by atoms with Crippen LogP contribution in [-0.4, -0.2) is 31.1 Å². The molecule has 0 aromatic carbocycles. The Balaban J connectivity index is 4.84. The fraction of sp³-hybridized carbons (Fsp3) is 0.750. The van der Waals surface area contributed by atoms with E-state index < -0.39 is 8.32 Å². The van der Waals surface area contributed by atoms with Crippen LogP contribution >= 0.6 is 0 Å². The monoisotopic (exact) mass is 274 g/mol. The van der Waals surface area contributed by atoms with Gasteiger partial charge >= 0.3 is 5.97 Å². The Hall–Kier alpha value is -0.556. The Morgan fingerprint density at radius 1 is 1.35 bits per heavy atom. The molecule has 0 aromatic heterocycles. The number of hydrogen-bond acceptors (Lipinski definition) is 3. The van der Waals surface area contributed by atoms with Crippen molar-refractivity contribution in [3.05, 3.63) is 11.8 Å². The van der Waals surface area contributed by atoms with Gasteiger partial charge in [-0.1, -0.05) is 20.8 Å². The molecule has 0 aliphatic carbocycles. The van der Waals surface area contributed by atoms with Crippen molar-refractivity contribution in [2.45, 2.75) is 51.9 Å². The topological polar surface area (TPSA) is 35.5 Å². The van der Waals surface area contributed by atoms with Gasteiger partial charge in [0.2, 0.25) is 8.32 Å². The zero-order valence-corrected chi connectivity index (χ0v) is 15.2. The third-order valence-electron chi connectivity index (χ3n) is 2.00. The molecule has 100 valence electrons. The number of hydrogen-bond donors (Lipinski definition) is 0. The molecular weight excluding hydrogens is 248 g/mol. The van der Waals surface area contributed by atoms with Crippen LogP contribution in [0, 0.1) is 0 Å². The predicted molar refractivity (Wildman–Crippen MR) is 77.7 cm³/mol. The van der Waals surface area contributed by atoms with Crippen molar-refractivity contribution in [2.24, 2.45) is 0 Å². The summed E-state index contributed by atoms with van der Waals surface area (Å²) >= 11 is 0. The average molecular weight is 275 g/mol. The smallest absolute Gasteiger partial charge is 0.337 e. The van der Waals surface area contributed by atoms with E-state index in [2.05, 4.69) is 19.6 Å². The normalized spacial score (nSPS) is 13.6. The van der Waals surface area contributed by atoms with Gasteiger partial charge in [-0.15, -0.1) is 0 Å². The molecule has 0 radical (unpaired) electrons. The minimum absolute atomic E-state index is 0.121. The van der Waals surface area contributed by atoms with Crippen LogP contribution in [0.4, 0.5) is 0 Å². The number of carbonyl (C=O) groups is 1. The Labute approximate surface area is 109 Å². The molecule has 0 saturated heterocycles. The molecule has 0 spiro atoms. The fourth-order valence-corrected chi connectivity index (χ4v) is 1.83. The van der Waals surface area contributed by atoms with Crippen molar-refractivity contribution in [2.75, 3.05) is 6.61 Å². The summed E-state index contributed by atoms with van der Waals surface area (Å²) in [6.45, 7) is 12.8. The molecule has 0 unspecified atom stereocenters. The second-order valence-electron chi connectivity index (χ2n) is 6.15. The Morgan fingerprint density at radius 3 is 2.24 bits per heavy atom. The molecule has 5 heteroatoms. The standard InChI is InChI=1S/C12H26O3Si2/c1-7-8-14-11(13)10(12(2,3)16)9-15-17(4,5)6/h9H,7-8H2,1-6,16H3. The summed E-state index contributed by atoms with van der Waals surface area (Å²) in [7, 11) is -0.760. The van der Waals surface area contributed by atoms with Crippen LogP contribution < -0.4 is 0 Å². The molecule has 0 heterocycles. The highest BCUT2D eigenvalue weighted by Gasteiger charge is 2.27. The number of ether oxygens (including phenoxy) is 1. The quantitative estimate of drug-likeness (QED) is 0.322. The summed E-state index contributed by atoms with van der Waals surface area (Å²) < 4.78 is 10.9. The van der Waals surface area contributed by atoms with Gasteiger partial charge in [-0.25, -0.2) is 4.79 Å². The minimum atomic E-state index is -1.64. The lowest BCUT2D eigenvalue weighted by molar-refractivity contribution is -0.139. The first kappa shape index (κ1) is 16.4. The molecule has 0 N–H and O–H groups in total. The van der Waals surface area contributed by atoms with Gasteiger partial charge in [0.05, 0.1) is 18.4 Å². The van der Waals surface area contributed by atoms with Crippen LogP contribution in [0.15, 0.2) is 11.8 Å². The average Bonchev–Trinajstić information content (AvgIpc) is 2.10. The Kier molecular flexibility index (Phi) is 6.19. The van der Waals surface area contributed by atoms with Crippen LogP contribution in [0.1, 0.15) is 27.2 Å². The zero-order chi connectivity index (χ0) is 13.7. The molecule has 0 bridgehead atoms. The predicted octanol–water partition coefficient (Wildman–Crippen LogP) is 2.24. The molecule has 17 heavy (non-hydrogen) atoms. The third-order valence-corrected chi connectivity index (χ3v) is 3.36. The van der Waals surface area contributed by atoms with Crippen molar-refractivity contribution in [3.8, 4) is 0 Å². The van der Waals surface area contributed by atoms with Crippen molar-refractivity contribution in [1.29, 1.82) is 0 Å². The Bertz CT molecular complexity index is 285. The van der Waals surface area contributed by atoms with E-state index >= 15 is 0 Å². The van der Waals surface area contributed by atoms with Crippen molar-refractivity contribution < 1.29 is 14.0 Å². The number of carbonyl (C=O) groups excluding carboxylic acids is 1. The maximum Gasteiger partial charge on any atom is 0.337 e. The maximum absolute atomic E-state index is 11.9. The highest BCUT2D eigenvalue weighted by atomic mass is 28.4. The van der Waals surface area contributed by atoms with Gasteiger partial charge in [0, 0.05) is 10.2 Å². The molecule has 0 rings (SSSR count). The van der Waals surface area contributed by atoms with Gasteiger partial charge in [-0.05, 0) is 31.1 Å². The van der Waals surface area contributed by atoms with Gasteiger partial charge in [0.1, 0.15) is 0 Å². The van der Waals surface area contributed by atoms with Gasteiger partial charge < -0.3 is 9.16 Å². The first-order chi connectivity index (χ1) is 7.58. The highest BCUT2D eigenvalue weighted by Crippen LogP contribution is 2.31. The van der Waals surface area contributed by atoms with Crippen molar-refractivity contribution >= 4 is 24.5 Å². The number of rotatable bonds is 6. The van der Waals surface area contributed by atoms with E-state index in [0.717, 1.165) is 16.7 Å². The molecule has 3 nitrogen and oxygen atoms in total. The summed E-state index contributed by atoms with van der Waals surface area (Å²) in [4.78, 5) is 11.9.